The Morgan fingerprint density at radius 1 is 1.00 bits per heavy atom. The average Bonchev–Trinajstić information content (AvgIpc) is 3.41. The molecule has 7 nitrogen and oxygen atoms in total. The van der Waals surface area contributed by atoms with Gasteiger partial charge in [-0.05, 0) is 47.8 Å². The van der Waals surface area contributed by atoms with E-state index in [0.717, 1.165) is 42.1 Å². The fraction of sp³-hybridized carbons (Fsp3) is 0.296. The van der Waals surface area contributed by atoms with Crippen LogP contribution >= 0.6 is 11.3 Å². The molecular formula is C27H28N4O3S. The highest BCUT2D eigenvalue weighted by Crippen LogP contribution is 2.19. The fourth-order valence-corrected chi connectivity index (χ4v) is 5.24. The SMILES string of the molecule is COc1ccc(-n2c(=O)c(CCC(=O)N3CCN(Cc4cccs4)CC3)nc3ccccc32)cc1. The Balaban J connectivity index is 1.30. The van der Waals surface area contributed by atoms with E-state index in [4.69, 9.17) is 4.74 Å². The first-order valence-corrected chi connectivity index (χ1v) is 12.7. The van der Waals surface area contributed by atoms with E-state index < -0.39 is 0 Å². The van der Waals surface area contributed by atoms with Crippen LogP contribution in [0.3, 0.4) is 0 Å². The maximum atomic E-state index is 13.5. The monoisotopic (exact) mass is 488 g/mol. The zero-order chi connectivity index (χ0) is 24.2. The second-order valence-electron chi connectivity index (χ2n) is 8.62. The smallest absolute Gasteiger partial charge is 0.277 e. The van der Waals surface area contributed by atoms with Crippen molar-refractivity contribution in [2.75, 3.05) is 33.3 Å². The number of ether oxygens (including phenoxy) is 1. The number of nitrogens with zero attached hydrogens (tertiary/aromatic N) is 4. The van der Waals surface area contributed by atoms with Crippen LogP contribution < -0.4 is 10.3 Å². The number of hydrogen-bond acceptors (Lipinski definition) is 6. The lowest BCUT2D eigenvalue weighted by Crippen LogP contribution is -2.48. The van der Waals surface area contributed by atoms with Crippen LogP contribution in [-0.4, -0.2) is 58.5 Å². The summed E-state index contributed by atoms with van der Waals surface area (Å²) in [6.45, 7) is 4.09. The van der Waals surface area contributed by atoms with E-state index in [2.05, 4.69) is 27.4 Å². The van der Waals surface area contributed by atoms with Crippen LogP contribution in [0, 0.1) is 0 Å². The molecule has 1 fully saturated rings. The van der Waals surface area contributed by atoms with Gasteiger partial charge in [0.2, 0.25) is 5.91 Å². The Hall–Kier alpha value is -3.49. The van der Waals surface area contributed by atoms with Crippen molar-refractivity contribution in [3.05, 3.63) is 87.0 Å². The molecule has 0 aliphatic carbocycles. The van der Waals surface area contributed by atoms with Crippen molar-refractivity contribution in [1.29, 1.82) is 0 Å². The fourth-order valence-electron chi connectivity index (χ4n) is 4.49. The Bertz CT molecular complexity index is 1360. The molecule has 2 aromatic carbocycles. The van der Waals surface area contributed by atoms with Crippen LogP contribution in [0.25, 0.3) is 16.7 Å². The molecule has 0 unspecified atom stereocenters. The topological polar surface area (TPSA) is 67.7 Å². The number of benzene rings is 2. The van der Waals surface area contributed by atoms with E-state index >= 15 is 0 Å². The van der Waals surface area contributed by atoms with Gasteiger partial charge in [-0.1, -0.05) is 18.2 Å². The van der Waals surface area contributed by atoms with Crippen molar-refractivity contribution >= 4 is 28.3 Å². The molecule has 2 aromatic heterocycles. The third-order valence-corrected chi connectivity index (χ3v) is 7.28. The predicted octanol–water partition coefficient (Wildman–Crippen LogP) is 3.73. The number of carbonyl (C=O) groups excluding carboxylic acids is 1. The van der Waals surface area contributed by atoms with E-state index in [1.54, 1.807) is 23.0 Å². The maximum absolute atomic E-state index is 13.5. The minimum absolute atomic E-state index is 0.0751. The Labute approximate surface area is 208 Å². The van der Waals surface area contributed by atoms with Gasteiger partial charge in [0.25, 0.3) is 5.56 Å². The van der Waals surface area contributed by atoms with Crippen LogP contribution in [0.5, 0.6) is 5.75 Å². The predicted molar refractivity (Wildman–Crippen MR) is 138 cm³/mol. The lowest BCUT2D eigenvalue weighted by atomic mass is 10.1. The van der Waals surface area contributed by atoms with E-state index in [0.29, 0.717) is 25.2 Å². The van der Waals surface area contributed by atoms with Gasteiger partial charge in [-0.3, -0.25) is 19.1 Å². The highest BCUT2D eigenvalue weighted by atomic mass is 32.1. The van der Waals surface area contributed by atoms with Crippen molar-refractivity contribution in [3.8, 4) is 11.4 Å². The summed E-state index contributed by atoms with van der Waals surface area (Å²) in [4.78, 5) is 36.7. The van der Waals surface area contributed by atoms with Gasteiger partial charge in [-0.25, -0.2) is 4.98 Å². The molecular weight excluding hydrogens is 460 g/mol. The van der Waals surface area contributed by atoms with Gasteiger partial charge in [0, 0.05) is 56.1 Å². The standard InChI is InChI=1S/C27H28N4O3S/c1-34-21-10-8-20(9-11-21)31-25-7-3-2-6-23(25)28-24(27(31)33)12-13-26(32)30-16-14-29(15-17-30)19-22-5-4-18-35-22/h2-11,18H,12-17,19H2,1H3. The van der Waals surface area contributed by atoms with Gasteiger partial charge in [0.05, 0.1) is 18.1 Å². The zero-order valence-electron chi connectivity index (χ0n) is 19.7. The van der Waals surface area contributed by atoms with Gasteiger partial charge in [-0.15, -0.1) is 11.3 Å². The molecule has 1 aliphatic heterocycles. The number of thiophene rings is 1. The molecule has 0 spiro atoms. The molecule has 0 radical (unpaired) electrons. The summed E-state index contributed by atoms with van der Waals surface area (Å²) in [5, 5.41) is 2.10. The average molecular weight is 489 g/mol. The molecule has 5 rings (SSSR count). The molecule has 4 aromatic rings. The second-order valence-corrected chi connectivity index (χ2v) is 9.65. The van der Waals surface area contributed by atoms with Crippen molar-refractivity contribution in [3.63, 3.8) is 0 Å². The van der Waals surface area contributed by atoms with Gasteiger partial charge in [0.1, 0.15) is 11.4 Å². The molecule has 35 heavy (non-hydrogen) atoms. The molecule has 0 bridgehead atoms. The second kappa shape index (κ2) is 10.4. The van der Waals surface area contributed by atoms with Crippen LogP contribution in [0.2, 0.25) is 0 Å². The quantitative estimate of drug-likeness (QED) is 0.397. The lowest BCUT2D eigenvalue weighted by Gasteiger charge is -2.34. The van der Waals surface area contributed by atoms with Gasteiger partial charge < -0.3 is 9.64 Å². The molecule has 1 aliphatic rings. The van der Waals surface area contributed by atoms with Crippen LogP contribution in [0.1, 0.15) is 17.0 Å². The van der Waals surface area contributed by atoms with Crippen LogP contribution in [0.15, 0.2) is 70.8 Å². The minimum Gasteiger partial charge on any atom is -0.497 e. The normalized spacial score (nSPS) is 14.4. The number of rotatable bonds is 7. The third kappa shape index (κ3) is 5.13. The number of aromatic nitrogens is 2. The number of hydrogen-bond donors (Lipinski definition) is 0. The summed E-state index contributed by atoms with van der Waals surface area (Å²) in [6, 6.07) is 19.2. The molecule has 180 valence electrons. The highest BCUT2D eigenvalue weighted by Gasteiger charge is 2.22. The lowest BCUT2D eigenvalue weighted by molar-refractivity contribution is -0.133. The van der Waals surface area contributed by atoms with Gasteiger partial charge in [-0.2, -0.15) is 0 Å². The highest BCUT2D eigenvalue weighted by molar-refractivity contribution is 7.09. The van der Waals surface area contributed by atoms with Crippen LogP contribution in [-0.2, 0) is 17.8 Å². The molecule has 8 heteroatoms. The number of methoxy groups -OCH3 is 1. The van der Waals surface area contributed by atoms with Gasteiger partial charge >= 0.3 is 0 Å². The van der Waals surface area contributed by atoms with Gasteiger partial charge in [0.15, 0.2) is 0 Å². The third-order valence-electron chi connectivity index (χ3n) is 6.42. The zero-order valence-corrected chi connectivity index (χ0v) is 20.5. The summed E-state index contributed by atoms with van der Waals surface area (Å²) in [5.74, 6) is 0.799. The molecule has 0 atom stereocenters. The maximum Gasteiger partial charge on any atom is 0.277 e. The molecule has 0 N–H and O–H groups in total. The summed E-state index contributed by atoms with van der Waals surface area (Å²) in [5.41, 5.74) is 2.42. The number of fused-ring (bicyclic) bond motifs is 1. The van der Waals surface area contributed by atoms with Crippen LogP contribution in [0.4, 0.5) is 0 Å². The number of amides is 1. The summed E-state index contributed by atoms with van der Waals surface area (Å²) < 4.78 is 6.93. The van der Waals surface area contributed by atoms with E-state index in [-0.39, 0.29) is 17.9 Å². The van der Waals surface area contributed by atoms with Crippen molar-refractivity contribution in [1.82, 2.24) is 19.4 Å². The minimum atomic E-state index is -0.192. The van der Waals surface area contributed by atoms with E-state index in [1.807, 2.05) is 53.4 Å². The molecule has 0 saturated carbocycles. The Morgan fingerprint density at radius 2 is 1.77 bits per heavy atom. The number of carbonyl (C=O) groups is 1. The molecule has 3 heterocycles. The summed E-state index contributed by atoms with van der Waals surface area (Å²) in [6.07, 6.45) is 0.585. The van der Waals surface area contributed by atoms with Crippen molar-refractivity contribution < 1.29 is 9.53 Å². The number of para-hydroxylation sites is 2. The molecule has 1 saturated heterocycles. The first kappa shape index (κ1) is 23.3. The first-order chi connectivity index (χ1) is 17.1. The Kier molecular flexibility index (Phi) is 6.92. The Morgan fingerprint density at radius 3 is 2.49 bits per heavy atom. The number of aryl methyl sites for hydroxylation is 1. The van der Waals surface area contributed by atoms with E-state index in [9.17, 15) is 9.59 Å². The largest absolute Gasteiger partial charge is 0.497 e. The first-order valence-electron chi connectivity index (χ1n) is 11.8. The number of piperazine rings is 1. The van der Waals surface area contributed by atoms with Crippen molar-refractivity contribution in [2.24, 2.45) is 0 Å². The van der Waals surface area contributed by atoms with E-state index in [1.165, 1.54) is 4.88 Å². The summed E-state index contributed by atoms with van der Waals surface area (Å²) in [7, 11) is 1.61. The molecule has 1 amide bonds. The van der Waals surface area contributed by atoms with Crippen molar-refractivity contribution in [2.45, 2.75) is 19.4 Å². The summed E-state index contributed by atoms with van der Waals surface area (Å²) >= 11 is 1.77.